The first-order valence-corrected chi connectivity index (χ1v) is 7.29. The lowest BCUT2D eigenvalue weighted by Gasteiger charge is -2.22. The van der Waals surface area contributed by atoms with Gasteiger partial charge < -0.3 is 15.3 Å². The van der Waals surface area contributed by atoms with Crippen molar-refractivity contribution in [3.8, 4) is 0 Å². The molecule has 0 aromatic heterocycles. The number of carbonyl (C=O) groups is 2. The van der Waals surface area contributed by atoms with Crippen LogP contribution in [0, 0.1) is 5.92 Å². The number of amides is 1. The van der Waals surface area contributed by atoms with Crippen LogP contribution >= 0.6 is 0 Å². The summed E-state index contributed by atoms with van der Waals surface area (Å²) in [5.41, 5.74) is 2.23. The van der Waals surface area contributed by atoms with Gasteiger partial charge in [-0.2, -0.15) is 0 Å². The second-order valence-corrected chi connectivity index (χ2v) is 5.92. The number of rotatable bonds is 5. The van der Waals surface area contributed by atoms with Gasteiger partial charge in [0.05, 0.1) is 12.1 Å². The van der Waals surface area contributed by atoms with E-state index in [-0.39, 0.29) is 24.1 Å². The Labute approximate surface area is 125 Å². The first-order chi connectivity index (χ1) is 9.88. The largest absolute Gasteiger partial charge is 0.478 e. The van der Waals surface area contributed by atoms with Gasteiger partial charge in [0.2, 0.25) is 5.91 Å². The summed E-state index contributed by atoms with van der Waals surface area (Å²) in [5.74, 6) is -0.578. The summed E-state index contributed by atoms with van der Waals surface area (Å²) in [4.78, 5) is 25.1. The summed E-state index contributed by atoms with van der Waals surface area (Å²) in [6, 6.07) is 5.24. The Hall–Kier alpha value is -2.04. The van der Waals surface area contributed by atoms with Gasteiger partial charge in [-0.1, -0.05) is 19.9 Å². The topological polar surface area (TPSA) is 69.6 Å². The second-order valence-electron chi connectivity index (χ2n) is 5.92. The summed E-state index contributed by atoms with van der Waals surface area (Å²) in [7, 11) is 0. The molecule has 1 unspecified atom stereocenters. The first kappa shape index (κ1) is 15.4. The number of aromatic carboxylic acids is 1. The van der Waals surface area contributed by atoms with Gasteiger partial charge in [-0.25, -0.2) is 4.79 Å². The molecule has 0 spiro atoms. The molecule has 2 rings (SSSR count). The van der Waals surface area contributed by atoms with Gasteiger partial charge >= 0.3 is 5.97 Å². The van der Waals surface area contributed by atoms with Crippen molar-refractivity contribution in [1.82, 2.24) is 5.32 Å². The van der Waals surface area contributed by atoms with E-state index in [2.05, 4.69) is 19.2 Å². The van der Waals surface area contributed by atoms with Crippen molar-refractivity contribution in [3.05, 3.63) is 29.3 Å². The predicted octanol–water partition coefficient (Wildman–Crippen LogP) is 1.91. The van der Waals surface area contributed by atoms with Gasteiger partial charge in [0, 0.05) is 18.3 Å². The smallest absolute Gasteiger partial charge is 0.335 e. The van der Waals surface area contributed by atoms with E-state index >= 15 is 0 Å². The molecular formula is C16H22N2O3. The Kier molecular flexibility index (Phi) is 4.50. The normalized spacial score (nSPS) is 15.0. The third kappa shape index (κ3) is 3.54. The van der Waals surface area contributed by atoms with E-state index in [1.54, 1.807) is 12.1 Å². The Bertz CT molecular complexity index is 554. The molecule has 0 saturated heterocycles. The number of anilines is 1. The van der Waals surface area contributed by atoms with Crippen LogP contribution in [-0.2, 0) is 11.2 Å². The number of nitrogens with one attached hydrogen (secondary N) is 1. The lowest BCUT2D eigenvalue weighted by atomic mass is 10.1. The molecule has 5 nitrogen and oxygen atoms in total. The van der Waals surface area contributed by atoms with Crippen molar-refractivity contribution in [2.75, 3.05) is 18.0 Å². The van der Waals surface area contributed by atoms with Crippen molar-refractivity contribution < 1.29 is 14.7 Å². The van der Waals surface area contributed by atoms with Crippen LogP contribution in [0.3, 0.4) is 0 Å². The Morgan fingerprint density at radius 2 is 2.05 bits per heavy atom. The number of nitrogens with zero attached hydrogens (tertiary/aromatic N) is 1. The number of fused-ring (bicyclic) bond motifs is 1. The van der Waals surface area contributed by atoms with Gasteiger partial charge in [-0.3, -0.25) is 4.79 Å². The van der Waals surface area contributed by atoms with E-state index in [9.17, 15) is 9.59 Å². The molecule has 0 fully saturated rings. The van der Waals surface area contributed by atoms with E-state index in [0.29, 0.717) is 5.92 Å². The number of hydrogen-bond acceptors (Lipinski definition) is 3. The summed E-state index contributed by atoms with van der Waals surface area (Å²) >= 11 is 0. The minimum Gasteiger partial charge on any atom is -0.478 e. The number of carboxylic acid groups (broad SMARTS) is 1. The summed E-state index contributed by atoms with van der Waals surface area (Å²) in [5, 5.41) is 12.0. The molecular weight excluding hydrogens is 268 g/mol. The van der Waals surface area contributed by atoms with E-state index in [1.165, 1.54) is 0 Å². The molecule has 0 saturated carbocycles. The van der Waals surface area contributed by atoms with Crippen LogP contribution in [-0.4, -0.2) is 36.1 Å². The minimum absolute atomic E-state index is 0.0234. The molecule has 1 aliphatic rings. The van der Waals surface area contributed by atoms with Crippen molar-refractivity contribution in [3.63, 3.8) is 0 Å². The van der Waals surface area contributed by atoms with Crippen LogP contribution in [0.1, 0.15) is 36.7 Å². The highest BCUT2D eigenvalue weighted by atomic mass is 16.4. The summed E-state index contributed by atoms with van der Waals surface area (Å²) in [6.07, 6.45) is 0.849. The summed E-state index contributed by atoms with van der Waals surface area (Å²) in [6.45, 7) is 7.14. The maximum atomic E-state index is 12.1. The van der Waals surface area contributed by atoms with Gasteiger partial charge in [0.1, 0.15) is 0 Å². The molecule has 21 heavy (non-hydrogen) atoms. The lowest BCUT2D eigenvalue weighted by Crippen LogP contribution is -2.42. The molecule has 1 aromatic rings. The van der Waals surface area contributed by atoms with E-state index in [4.69, 9.17) is 5.11 Å². The third-order valence-electron chi connectivity index (χ3n) is 4.05. The van der Waals surface area contributed by atoms with E-state index in [1.807, 2.05) is 17.9 Å². The van der Waals surface area contributed by atoms with Gasteiger partial charge in [-0.15, -0.1) is 0 Å². The number of carboxylic acids is 1. The summed E-state index contributed by atoms with van der Waals surface area (Å²) < 4.78 is 0. The molecule has 1 aliphatic heterocycles. The minimum atomic E-state index is -0.942. The Morgan fingerprint density at radius 3 is 2.67 bits per heavy atom. The highest BCUT2D eigenvalue weighted by Crippen LogP contribution is 2.28. The van der Waals surface area contributed by atoms with Crippen LogP contribution < -0.4 is 10.2 Å². The van der Waals surface area contributed by atoms with Gasteiger partial charge in [0.15, 0.2) is 0 Å². The van der Waals surface area contributed by atoms with Crippen molar-refractivity contribution in [2.45, 2.75) is 33.2 Å². The van der Waals surface area contributed by atoms with Crippen LogP contribution in [0.4, 0.5) is 5.69 Å². The SMILES string of the molecule is CC(C)C(C)NC(=O)CN1CCc2ccc(C(=O)O)cc21. The number of hydrogen-bond donors (Lipinski definition) is 2. The van der Waals surface area contributed by atoms with Gasteiger partial charge in [-0.05, 0) is 37.0 Å². The number of carbonyl (C=O) groups excluding carboxylic acids is 1. The first-order valence-electron chi connectivity index (χ1n) is 7.29. The fourth-order valence-corrected chi connectivity index (χ4v) is 2.38. The van der Waals surface area contributed by atoms with Crippen LogP contribution in [0.5, 0.6) is 0 Å². The molecule has 1 atom stereocenters. The molecule has 0 radical (unpaired) electrons. The van der Waals surface area contributed by atoms with Gasteiger partial charge in [0.25, 0.3) is 0 Å². The maximum Gasteiger partial charge on any atom is 0.335 e. The quantitative estimate of drug-likeness (QED) is 0.869. The average molecular weight is 290 g/mol. The zero-order valence-electron chi connectivity index (χ0n) is 12.7. The zero-order valence-corrected chi connectivity index (χ0v) is 12.7. The molecule has 0 bridgehead atoms. The molecule has 0 aliphatic carbocycles. The molecule has 1 amide bonds. The lowest BCUT2D eigenvalue weighted by molar-refractivity contribution is -0.120. The van der Waals surface area contributed by atoms with Crippen molar-refractivity contribution >= 4 is 17.6 Å². The zero-order chi connectivity index (χ0) is 15.6. The van der Waals surface area contributed by atoms with Crippen LogP contribution in [0.15, 0.2) is 18.2 Å². The monoisotopic (exact) mass is 290 g/mol. The van der Waals surface area contributed by atoms with Crippen molar-refractivity contribution in [1.29, 1.82) is 0 Å². The van der Waals surface area contributed by atoms with Crippen LogP contribution in [0.2, 0.25) is 0 Å². The third-order valence-corrected chi connectivity index (χ3v) is 4.05. The predicted molar refractivity (Wildman–Crippen MR) is 81.8 cm³/mol. The molecule has 114 valence electrons. The average Bonchev–Trinajstić information content (AvgIpc) is 2.80. The molecule has 5 heteroatoms. The fraction of sp³-hybridized carbons (Fsp3) is 0.500. The highest BCUT2D eigenvalue weighted by molar-refractivity contribution is 5.90. The Morgan fingerprint density at radius 1 is 1.33 bits per heavy atom. The maximum absolute atomic E-state index is 12.1. The van der Waals surface area contributed by atoms with Crippen molar-refractivity contribution in [2.24, 2.45) is 5.92 Å². The standard InChI is InChI=1S/C16H22N2O3/c1-10(2)11(3)17-15(19)9-18-7-6-12-4-5-13(16(20)21)8-14(12)18/h4-5,8,10-11H,6-7,9H2,1-3H3,(H,17,19)(H,20,21). The Balaban J connectivity index is 2.06. The highest BCUT2D eigenvalue weighted by Gasteiger charge is 2.23. The molecule has 2 N–H and O–H groups in total. The number of benzene rings is 1. The van der Waals surface area contributed by atoms with Crippen LogP contribution in [0.25, 0.3) is 0 Å². The second kappa shape index (κ2) is 6.16. The fourth-order valence-electron chi connectivity index (χ4n) is 2.38. The molecule has 1 heterocycles. The van der Waals surface area contributed by atoms with E-state index in [0.717, 1.165) is 24.2 Å². The molecule has 1 aromatic carbocycles. The van der Waals surface area contributed by atoms with E-state index < -0.39 is 5.97 Å².